The molecule has 1 atom stereocenters. The van der Waals surface area contributed by atoms with Gasteiger partial charge >= 0.3 is 0 Å². The number of rotatable bonds is 8. The number of nitrogens with zero attached hydrogens (tertiary/aromatic N) is 2. The number of carbonyl (C=O) groups is 3. The van der Waals surface area contributed by atoms with Crippen LogP contribution in [0.5, 0.6) is 0 Å². The van der Waals surface area contributed by atoms with Crippen LogP contribution in [0.25, 0.3) is 11.4 Å². The van der Waals surface area contributed by atoms with E-state index in [1.165, 1.54) is 0 Å². The summed E-state index contributed by atoms with van der Waals surface area (Å²) in [5.74, 6) is -2.75. The molecule has 0 spiro atoms. The van der Waals surface area contributed by atoms with Crippen LogP contribution in [0.1, 0.15) is 22.5 Å². The van der Waals surface area contributed by atoms with Crippen LogP contribution < -0.4 is 11.1 Å². The third-order valence-electron chi connectivity index (χ3n) is 4.11. The number of benzene rings is 1. The molecule has 2 amide bonds. The molecule has 0 fully saturated rings. The number of hydrogen-bond acceptors (Lipinski definition) is 6. The summed E-state index contributed by atoms with van der Waals surface area (Å²) in [6, 6.07) is 13.5. The Morgan fingerprint density at radius 3 is 2.46 bits per heavy atom. The van der Waals surface area contributed by atoms with Crippen LogP contribution in [0.15, 0.2) is 65.5 Å². The van der Waals surface area contributed by atoms with Crippen molar-refractivity contribution in [1.29, 1.82) is 0 Å². The standard InChI is InChI=1S/C20H18N4O4/c21-19(26)17(25)15(10-9-13-6-2-1-3-7-13)24-20(27)18-16(23-12-28-18)14-8-4-5-11-22-14/h1-8,11-12,15H,9-10H2,(H2,21,26)(H,24,27). The van der Waals surface area contributed by atoms with Crippen LogP contribution in [0.3, 0.4) is 0 Å². The van der Waals surface area contributed by atoms with E-state index in [1.807, 2.05) is 30.3 Å². The molecule has 0 aliphatic rings. The lowest BCUT2D eigenvalue weighted by Crippen LogP contribution is -2.46. The number of aromatic nitrogens is 2. The third kappa shape index (κ3) is 4.47. The van der Waals surface area contributed by atoms with E-state index in [9.17, 15) is 14.4 Å². The van der Waals surface area contributed by atoms with Gasteiger partial charge in [0.2, 0.25) is 11.5 Å². The zero-order valence-electron chi connectivity index (χ0n) is 14.9. The van der Waals surface area contributed by atoms with Crippen molar-refractivity contribution in [3.8, 4) is 11.4 Å². The number of primary amides is 1. The molecule has 2 heterocycles. The number of Topliss-reactive ketones (excluding diaryl/α,β-unsaturated/α-hetero) is 1. The monoisotopic (exact) mass is 378 g/mol. The Kier molecular flexibility index (Phi) is 5.91. The average Bonchev–Trinajstić information content (AvgIpc) is 3.22. The van der Waals surface area contributed by atoms with Crippen LogP contribution in [0, 0.1) is 0 Å². The van der Waals surface area contributed by atoms with Gasteiger partial charge in [-0.25, -0.2) is 4.98 Å². The van der Waals surface area contributed by atoms with Gasteiger partial charge in [0, 0.05) is 6.20 Å². The molecule has 142 valence electrons. The zero-order valence-corrected chi connectivity index (χ0v) is 14.9. The molecular weight excluding hydrogens is 360 g/mol. The molecule has 8 heteroatoms. The third-order valence-corrected chi connectivity index (χ3v) is 4.11. The SMILES string of the molecule is NC(=O)C(=O)C(CCc1ccccc1)NC(=O)c1ocnc1-c1ccccn1. The zero-order chi connectivity index (χ0) is 19.9. The fourth-order valence-corrected chi connectivity index (χ4v) is 2.71. The summed E-state index contributed by atoms with van der Waals surface area (Å²) < 4.78 is 5.19. The molecule has 1 unspecified atom stereocenters. The molecule has 0 bridgehead atoms. The molecule has 2 aromatic heterocycles. The van der Waals surface area contributed by atoms with E-state index in [4.69, 9.17) is 10.2 Å². The predicted molar refractivity (Wildman–Crippen MR) is 100.0 cm³/mol. The summed E-state index contributed by atoms with van der Waals surface area (Å²) in [6.45, 7) is 0. The second kappa shape index (κ2) is 8.72. The topological polar surface area (TPSA) is 128 Å². The highest BCUT2D eigenvalue weighted by molar-refractivity contribution is 6.38. The summed E-state index contributed by atoms with van der Waals surface area (Å²) in [5, 5.41) is 2.53. The molecule has 0 aliphatic heterocycles. The Balaban J connectivity index is 1.77. The molecule has 3 rings (SSSR count). The number of aryl methyl sites for hydroxylation is 1. The van der Waals surface area contributed by atoms with E-state index in [0.717, 1.165) is 12.0 Å². The first-order valence-electron chi connectivity index (χ1n) is 8.59. The predicted octanol–water partition coefficient (Wildman–Crippen LogP) is 1.52. The lowest BCUT2D eigenvalue weighted by Gasteiger charge is -2.15. The molecule has 0 saturated carbocycles. The Labute approximate surface area is 160 Å². The lowest BCUT2D eigenvalue weighted by molar-refractivity contribution is -0.137. The molecule has 3 aromatic rings. The molecule has 8 nitrogen and oxygen atoms in total. The minimum absolute atomic E-state index is 0.0966. The first-order valence-corrected chi connectivity index (χ1v) is 8.59. The summed E-state index contributed by atoms with van der Waals surface area (Å²) in [4.78, 5) is 44.4. The number of nitrogens with one attached hydrogen (secondary N) is 1. The number of nitrogens with two attached hydrogens (primary N) is 1. The highest BCUT2D eigenvalue weighted by atomic mass is 16.3. The van der Waals surface area contributed by atoms with Crippen molar-refractivity contribution >= 4 is 17.6 Å². The number of amides is 2. The van der Waals surface area contributed by atoms with Crippen molar-refractivity contribution in [3.63, 3.8) is 0 Å². The van der Waals surface area contributed by atoms with E-state index < -0.39 is 23.6 Å². The highest BCUT2D eigenvalue weighted by Gasteiger charge is 2.28. The summed E-state index contributed by atoms with van der Waals surface area (Å²) in [5.41, 5.74) is 6.79. The normalized spacial score (nSPS) is 11.6. The van der Waals surface area contributed by atoms with Crippen molar-refractivity contribution in [2.45, 2.75) is 18.9 Å². The molecular formula is C20H18N4O4. The van der Waals surface area contributed by atoms with Crippen LogP contribution in [-0.2, 0) is 16.0 Å². The van der Waals surface area contributed by atoms with Crippen molar-refractivity contribution in [1.82, 2.24) is 15.3 Å². The van der Waals surface area contributed by atoms with Crippen LogP contribution in [-0.4, -0.2) is 33.6 Å². The largest absolute Gasteiger partial charge is 0.438 e. The van der Waals surface area contributed by atoms with Crippen LogP contribution in [0.4, 0.5) is 0 Å². The van der Waals surface area contributed by atoms with Crippen LogP contribution in [0.2, 0.25) is 0 Å². The number of ketones is 1. The van der Waals surface area contributed by atoms with Gasteiger partial charge in [0.05, 0.1) is 11.7 Å². The summed E-state index contributed by atoms with van der Waals surface area (Å²) in [6.07, 6.45) is 3.37. The number of oxazole rings is 1. The second-order valence-corrected chi connectivity index (χ2v) is 6.02. The minimum atomic E-state index is -1.11. The summed E-state index contributed by atoms with van der Waals surface area (Å²) >= 11 is 0. The van der Waals surface area contributed by atoms with Crippen molar-refractivity contribution in [2.75, 3.05) is 0 Å². The van der Waals surface area contributed by atoms with Gasteiger partial charge in [0.1, 0.15) is 5.69 Å². The highest BCUT2D eigenvalue weighted by Crippen LogP contribution is 2.20. The van der Waals surface area contributed by atoms with E-state index >= 15 is 0 Å². The van der Waals surface area contributed by atoms with Gasteiger partial charge in [0.15, 0.2) is 6.39 Å². The lowest BCUT2D eigenvalue weighted by atomic mass is 10.0. The number of carbonyl (C=O) groups excluding carboxylic acids is 3. The minimum Gasteiger partial charge on any atom is -0.438 e. The van der Waals surface area contributed by atoms with Gasteiger partial charge < -0.3 is 15.5 Å². The molecule has 0 aliphatic carbocycles. The molecule has 3 N–H and O–H groups in total. The fraction of sp³-hybridized carbons (Fsp3) is 0.150. The van der Waals surface area contributed by atoms with Crippen molar-refractivity contribution < 1.29 is 18.8 Å². The average molecular weight is 378 g/mol. The maximum atomic E-state index is 12.7. The van der Waals surface area contributed by atoms with Gasteiger partial charge in [-0.15, -0.1) is 0 Å². The Bertz CT molecular complexity index is 970. The van der Waals surface area contributed by atoms with Gasteiger partial charge in [0.25, 0.3) is 11.8 Å². The maximum absolute atomic E-state index is 12.7. The van der Waals surface area contributed by atoms with E-state index in [0.29, 0.717) is 12.1 Å². The van der Waals surface area contributed by atoms with Crippen molar-refractivity contribution in [3.05, 3.63) is 72.4 Å². The van der Waals surface area contributed by atoms with Gasteiger partial charge in [-0.2, -0.15) is 0 Å². The number of hydrogen-bond donors (Lipinski definition) is 2. The molecule has 28 heavy (non-hydrogen) atoms. The molecule has 0 saturated heterocycles. The van der Waals surface area contributed by atoms with Gasteiger partial charge in [-0.05, 0) is 30.5 Å². The van der Waals surface area contributed by atoms with Gasteiger partial charge in [-0.1, -0.05) is 36.4 Å². The molecule has 1 aromatic carbocycles. The van der Waals surface area contributed by atoms with E-state index in [2.05, 4.69) is 15.3 Å². The fourth-order valence-electron chi connectivity index (χ4n) is 2.71. The Morgan fingerprint density at radius 1 is 1.04 bits per heavy atom. The summed E-state index contributed by atoms with van der Waals surface area (Å²) in [7, 11) is 0. The maximum Gasteiger partial charge on any atom is 0.290 e. The Morgan fingerprint density at radius 2 is 1.79 bits per heavy atom. The van der Waals surface area contributed by atoms with Crippen molar-refractivity contribution in [2.24, 2.45) is 5.73 Å². The van der Waals surface area contributed by atoms with Crippen LogP contribution >= 0.6 is 0 Å². The first-order chi connectivity index (χ1) is 13.6. The van der Waals surface area contributed by atoms with E-state index in [-0.39, 0.29) is 17.9 Å². The quantitative estimate of drug-likeness (QED) is 0.572. The smallest absolute Gasteiger partial charge is 0.290 e. The second-order valence-electron chi connectivity index (χ2n) is 6.02. The Hall–Kier alpha value is -3.81. The molecule has 0 radical (unpaired) electrons. The van der Waals surface area contributed by atoms with Gasteiger partial charge in [-0.3, -0.25) is 19.4 Å². The number of pyridine rings is 1. The first kappa shape index (κ1) is 19.0. The van der Waals surface area contributed by atoms with E-state index in [1.54, 1.807) is 24.4 Å².